The van der Waals surface area contributed by atoms with Gasteiger partial charge in [-0.3, -0.25) is 0 Å². The number of hydrogen-bond donors (Lipinski definition) is 1. The molecule has 23 heavy (non-hydrogen) atoms. The SMILES string of the molecule is Cc1cc2ncn(C[C@@H](O)COc3ccc(F)cc3)c2cc1C. The molecule has 0 amide bonds. The van der Waals surface area contributed by atoms with Crippen LogP contribution in [0.3, 0.4) is 0 Å². The van der Waals surface area contributed by atoms with E-state index >= 15 is 0 Å². The average molecular weight is 314 g/mol. The third kappa shape index (κ3) is 3.51. The van der Waals surface area contributed by atoms with Crippen molar-refractivity contribution in [2.75, 3.05) is 6.61 Å². The summed E-state index contributed by atoms with van der Waals surface area (Å²) in [5, 5.41) is 10.2. The van der Waals surface area contributed by atoms with E-state index in [-0.39, 0.29) is 12.4 Å². The fourth-order valence-corrected chi connectivity index (χ4v) is 2.46. The lowest BCUT2D eigenvalue weighted by Gasteiger charge is -2.14. The van der Waals surface area contributed by atoms with Gasteiger partial charge in [0.25, 0.3) is 0 Å². The van der Waals surface area contributed by atoms with Gasteiger partial charge >= 0.3 is 0 Å². The van der Waals surface area contributed by atoms with Crippen molar-refractivity contribution in [1.29, 1.82) is 0 Å². The van der Waals surface area contributed by atoms with Crippen LogP contribution in [0.5, 0.6) is 5.75 Å². The van der Waals surface area contributed by atoms with E-state index < -0.39 is 6.10 Å². The first kappa shape index (κ1) is 15.5. The Kier molecular flexibility index (Phi) is 4.30. The summed E-state index contributed by atoms with van der Waals surface area (Å²) in [6.45, 7) is 4.63. The lowest BCUT2D eigenvalue weighted by atomic mass is 10.1. The van der Waals surface area contributed by atoms with Crippen LogP contribution in [0.25, 0.3) is 11.0 Å². The third-order valence-corrected chi connectivity index (χ3v) is 3.90. The molecule has 3 rings (SSSR count). The molecular weight excluding hydrogens is 295 g/mol. The van der Waals surface area contributed by atoms with Crippen molar-refractivity contribution in [1.82, 2.24) is 9.55 Å². The Morgan fingerprint density at radius 2 is 1.87 bits per heavy atom. The van der Waals surface area contributed by atoms with Crippen molar-refractivity contribution in [3.63, 3.8) is 0 Å². The topological polar surface area (TPSA) is 47.3 Å². The first-order valence-electron chi connectivity index (χ1n) is 7.51. The number of aryl methyl sites for hydroxylation is 2. The second-order valence-corrected chi connectivity index (χ2v) is 5.74. The van der Waals surface area contributed by atoms with Crippen LogP contribution in [0.4, 0.5) is 4.39 Å². The molecule has 0 saturated carbocycles. The minimum Gasteiger partial charge on any atom is -0.491 e. The van der Waals surface area contributed by atoms with Gasteiger partial charge in [0.2, 0.25) is 0 Å². The van der Waals surface area contributed by atoms with E-state index in [4.69, 9.17) is 4.74 Å². The molecule has 5 heteroatoms. The second-order valence-electron chi connectivity index (χ2n) is 5.74. The van der Waals surface area contributed by atoms with Crippen LogP contribution < -0.4 is 4.74 Å². The summed E-state index contributed by atoms with van der Waals surface area (Å²) in [4.78, 5) is 4.37. The summed E-state index contributed by atoms with van der Waals surface area (Å²) in [5.41, 5.74) is 4.30. The van der Waals surface area contributed by atoms with Gasteiger partial charge in [0.05, 0.1) is 23.9 Å². The molecule has 0 unspecified atom stereocenters. The predicted molar refractivity (Wildman–Crippen MR) is 87.1 cm³/mol. The van der Waals surface area contributed by atoms with Crippen LogP contribution in [0.15, 0.2) is 42.7 Å². The number of imidazole rings is 1. The molecule has 120 valence electrons. The number of aliphatic hydroxyl groups excluding tert-OH is 1. The highest BCUT2D eigenvalue weighted by atomic mass is 19.1. The molecular formula is C18H19FN2O2. The van der Waals surface area contributed by atoms with E-state index in [9.17, 15) is 9.50 Å². The number of aliphatic hydroxyl groups is 1. The van der Waals surface area contributed by atoms with Crippen LogP contribution in [0, 0.1) is 19.7 Å². The van der Waals surface area contributed by atoms with Gasteiger partial charge in [-0.15, -0.1) is 0 Å². The summed E-state index contributed by atoms with van der Waals surface area (Å²) in [5.74, 6) is 0.223. The van der Waals surface area contributed by atoms with Gasteiger partial charge in [-0.2, -0.15) is 0 Å². The number of nitrogens with zero attached hydrogens (tertiary/aromatic N) is 2. The standard InChI is InChI=1S/C18H19FN2O2/c1-12-7-17-18(8-13(12)2)21(11-20-17)9-15(22)10-23-16-5-3-14(19)4-6-16/h3-8,11,15,22H,9-10H2,1-2H3/t15-/m1/s1. The summed E-state index contributed by atoms with van der Waals surface area (Å²) in [7, 11) is 0. The maximum atomic E-state index is 12.8. The molecule has 0 radical (unpaired) electrons. The van der Waals surface area contributed by atoms with Crippen molar-refractivity contribution < 1.29 is 14.2 Å². The molecule has 0 fully saturated rings. The zero-order chi connectivity index (χ0) is 16.4. The number of halogens is 1. The molecule has 0 aliphatic carbocycles. The fourth-order valence-electron chi connectivity index (χ4n) is 2.46. The maximum absolute atomic E-state index is 12.8. The quantitative estimate of drug-likeness (QED) is 0.786. The van der Waals surface area contributed by atoms with E-state index in [2.05, 4.69) is 24.9 Å². The minimum atomic E-state index is -0.681. The van der Waals surface area contributed by atoms with Crippen LogP contribution in [-0.4, -0.2) is 27.4 Å². The highest BCUT2D eigenvalue weighted by Gasteiger charge is 2.10. The maximum Gasteiger partial charge on any atom is 0.123 e. The van der Waals surface area contributed by atoms with Gasteiger partial charge in [0.1, 0.15) is 24.3 Å². The summed E-state index contributed by atoms with van der Waals surface area (Å²) in [6.07, 6.45) is 1.05. The van der Waals surface area contributed by atoms with E-state index in [1.165, 1.54) is 23.3 Å². The van der Waals surface area contributed by atoms with Crippen LogP contribution >= 0.6 is 0 Å². The third-order valence-electron chi connectivity index (χ3n) is 3.90. The predicted octanol–water partition coefficient (Wildman–Crippen LogP) is 3.23. The van der Waals surface area contributed by atoms with Crippen molar-refractivity contribution >= 4 is 11.0 Å². The molecule has 0 saturated heterocycles. The largest absolute Gasteiger partial charge is 0.491 e. The van der Waals surface area contributed by atoms with Gasteiger partial charge in [0.15, 0.2) is 0 Å². The van der Waals surface area contributed by atoms with Gasteiger partial charge in [-0.05, 0) is 61.4 Å². The van der Waals surface area contributed by atoms with Crippen LogP contribution in [0.1, 0.15) is 11.1 Å². The molecule has 1 heterocycles. The Morgan fingerprint density at radius 1 is 1.17 bits per heavy atom. The number of aromatic nitrogens is 2. The van der Waals surface area contributed by atoms with Gasteiger partial charge in [-0.25, -0.2) is 9.37 Å². The molecule has 1 atom stereocenters. The normalized spacial score (nSPS) is 12.5. The monoisotopic (exact) mass is 314 g/mol. The van der Waals surface area contributed by atoms with E-state index in [0.29, 0.717) is 12.3 Å². The molecule has 0 bridgehead atoms. The number of fused-ring (bicyclic) bond motifs is 1. The zero-order valence-corrected chi connectivity index (χ0v) is 13.2. The summed E-state index contributed by atoms with van der Waals surface area (Å²) < 4.78 is 20.2. The highest BCUT2D eigenvalue weighted by molar-refractivity contribution is 5.77. The van der Waals surface area contributed by atoms with Crippen molar-refractivity contribution in [3.8, 4) is 5.75 Å². The van der Waals surface area contributed by atoms with Crippen molar-refractivity contribution in [3.05, 3.63) is 59.7 Å². The van der Waals surface area contributed by atoms with E-state index in [1.807, 2.05) is 10.6 Å². The highest BCUT2D eigenvalue weighted by Crippen LogP contribution is 2.19. The Labute approximate surface area is 134 Å². The molecule has 0 aliphatic rings. The number of ether oxygens (including phenoxy) is 1. The number of rotatable bonds is 5. The molecule has 0 spiro atoms. The van der Waals surface area contributed by atoms with Crippen molar-refractivity contribution in [2.24, 2.45) is 0 Å². The fraction of sp³-hybridized carbons (Fsp3) is 0.278. The lowest BCUT2D eigenvalue weighted by molar-refractivity contribution is 0.0934. The van der Waals surface area contributed by atoms with Gasteiger partial charge in [0, 0.05) is 0 Å². The van der Waals surface area contributed by atoms with Gasteiger partial charge in [-0.1, -0.05) is 0 Å². The van der Waals surface area contributed by atoms with E-state index in [0.717, 1.165) is 11.0 Å². The van der Waals surface area contributed by atoms with Crippen molar-refractivity contribution in [2.45, 2.75) is 26.5 Å². The second kappa shape index (κ2) is 6.38. The molecule has 0 aliphatic heterocycles. The first-order chi connectivity index (χ1) is 11.0. The van der Waals surface area contributed by atoms with Gasteiger partial charge < -0.3 is 14.4 Å². The summed E-state index contributed by atoms with van der Waals surface area (Å²) in [6, 6.07) is 9.86. The molecule has 4 nitrogen and oxygen atoms in total. The van der Waals surface area contributed by atoms with E-state index in [1.54, 1.807) is 18.5 Å². The molecule has 1 N–H and O–H groups in total. The smallest absolute Gasteiger partial charge is 0.123 e. The Hall–Kier alpha value is -2.40. The lowest BCUT2D eigenvalue weighted by Crippen LogP contribution is -2.23. The Morgan fingerprint density at radius 3 is 2.61 bits per heavy atom. The molecule has 3 aromatic rings. The zero-order valence-electron chi connectivity index (χ0n) is 13.2. The summed E-state index contributed by atoms with van der Waals surface area (Å²) >= 11 is 0. The number of benzene rings is 2. The average Bonchev–Trinajstić information content (AvgIpc) is 2.89. The Bertz CT molecular complexity index is 812. The molecule has 2 aromatic carbocycles. The van der Waals surface area contributed by atoms with Crippen LogP contribution in [-0.2, 0) is 6.54 Å². The van der Waals surface area contributed by atoms with Crippen LogP contribution in [0.2, 0.25) is 0 Å². The first-order valence-corrected chi connectivity index (χ1v) is 7.51. The molecule has 1 aromatic heterocycles. The number of hydrogen-bond acceptors (Lipinski definition) is 3. The minimum absolute atomic E-state index is 0.135. The Balaban J connectivity index is 1.67.